The average Bonchev–Trinajstić information content (AvgIpc) is 2.93. The highest BCUT2D eigenvalue weighted by molar-refractivity contribution is 5.97. The van der Waals surface area contributed by atoms with Gasteiger partial charge in [-0.3, -0.25) is 38.4 Å². The average molecular weight is 649 g/mol. The number of nitrogens with one attached hydrogen (secondary N) is 6. The van der Waals surface area contributed by atoms with Gasteiger partial charge in [0.05, 0.1) is 31.8 Å². The van der Waals surface area contributed by atoms with Gasteiger partial charge in [0.15, 0.2) is 0 Å². The molecule has 0 aromatic carbocycles. The van der Waals surface area contributed by atoms with E-state index in [1.165, 1.54) is 6.92 Å². The van der Waals surface area contributed by atoms with Crippen molar-refractivity contribution in [1.29, 1.82) is 0 Å². The van der Waals surface area contributed by atoms with E-state index in [-0.39, 0.29) is 6.42 Å². The zero-order chi connectivity index (χ0) is 34.9. The molecule has 14 N–H and O–H groups in total. The zero-order valence-corrected chi connectivity index (χ0v) is 25.2. The van der Waals surface area contributed by atoms with Crippen LogP contribution in [0.15, 0.2) is 0 Å². The van der Waals surface area contributed by atoms with Crippen LogP contribution in [0.3, 0.4) is 0 Å². The number of carbonyl (C=O) groups is 8. The number of hydrogen-bond acceptors (Lipinski definition) is 12. The number of amides is 7. The van der Waals surface area contributed by atoms with E-state index in [1.807, 2.05) is 16.0 Å². The third-order valence-electron chi connectivity index (χ3n) is 6.06. The Hall–Kier alpha value is -4.40. The van der Waals surface area contributed by atoms with E-state index >= 15 is 0 Å². The number of nitrogens with two attached hydrogens (primary N) is 2. The second kappa shape index (κ2) is 20.5. The monoisotopic (exact) mass is 648 g/mol. The van der Waals surface area contributed by atoms with Gasteiger partial charge in [-0.15, -0.1) is 0 Å². The summed E-state index contributed by atoms with van der Waals surface area (Å²) < 4.78 is 0. The van der Waals surface area contributed by atoms with Gasteiger partial charge in [-0.05, 0) is 39.7 Å². The van der Waals surface area contributed by atoms with Crippen LogP contribution in [0.5, 0.6) is 0 Å². The highest BCUT2D eigenvalue weighted by Gasteiger charge is 2.34. The van der Waals surface area contributed by atoms with Gasteiger partial charge in [-0.2, -0.15) is 0 Å². The van der Waals surface area contributed by atoms with Crippen LogP contribution in [0.1, 0.15) is 46.5 Å². The molecule has 0 radical (unpaired) electrons. The number of aliphatic hydroxyl groups excluding tert-OH is 3. The molecular weight excluding hydrogens is 604 g/mol. The lowest BCUT2D eigenvalue weighted by molar-refractivity contribution is -0.142. The van der Waals surface area contributed by atoms with Crippen LogP contribution in [-0.4, -0.2) is 130 Å². The summed E-state index contributed by atoms with van der Waals surface area (Å²) in [5.41, 5.74) is 10.5. The summed E-state index contributed by atoms with van der Waals surface area (Å²) >= 11 is 0. The number of aliphatic hydroxyl groups is 3. The van der Waals surface area contributed by atoms with Gasteiger partial charge in [-0.25, -0.2) is 0 Å². The lowest BCUT2D eigenvalue weighted by Crippen LogP contribution is -2.61. The topological polar surface area (TPSA) is 342 Å². The van der Waals surface area contributed by atoms with E-state index in [4.69, 9.17) is 11.5 Å². The standard InChI is InChI=1S/C25H44N8O12/c1-11(35)19(21(27)41)33-24(44)16(10-34)31-23(43)15(8-18(39)40)30-25(45)20(12(2)36)32-17(38)9-28-22(42)14(29-13(3)37)6-4-5-7-26/h11-12,14-16,19-20,34-36H,4-10,26H2,1-3H3,(H2,27,41)(H,28,42)(H,29,37)(H,30,45)(H,31,43)(H,32,38)(H,33,44)(H,39,40)/t11-,12-,14+,15+,16+,19+,20+/m1/s1. The summed E-state index contributed by atoms with van der Waals surface area (Å²) in [5.74, 6) is -8.54. The Labute approximate surface area is 258 Å². The summed E-state index contributed by atoms with van der Waals surface area (Å²) in [6, 6.07) is -7.99. The molecule has 0 aliphatic heterocycles. The number of rotatable bonds is 21. The van der Waals surface area contributed by atoms with Gasteiger partial charge in [0.25, 0.3) is 0 Å². The maximum Gasteiger partial charge on any atom is 0.305 e. The molecule has 0 spiro atoms. The largest absolute Gasteiger partial charge is 0.481 e. The molecule has 0 rings (SSSR count). The molecule has 7 amide bonds. The van der Waals surface area contributed by atoms with Crippen molar-refractivity contribution in [3.05, 3.63) is 0 Å². The van der Waals surface area contributed by atoms with Gasteiger partial charge in [0, 0.05) is 6.92 Å². The number of hydrogen-bond donors (Lipinski definition) is 12. The van der Waals surface area contributed by atoms with Crippen molar-refractivity contribution in [2.24, 2.45) is 11.5 Å². The first-order chi connectivity index (χ1) is 20.9. The third kappa shape index (κ3) is 15.8. The summed E-state index contributed by atoms with van der Waals surface area (Å²) in [7, 11) is 0. The maximum atomic E-state index is 12.9. The molecule has 256 valence electrons. The molecular formula is C25H44N8O12. The minimum atomic E-state index is -1.90. The van der Waals surface area contributed by atoms with Crippen molar-refractivity contribution in [1.82, 2.24) is 31.9 Å². The second-order valence-corrected chi connectivity index (χ2v) is 10.1. The number of carboxylic acid groups (broad SMARTS) is 1. The van der Waals surface area contributed by atoms with E-state index in [0.717, 1.165) is 13.8 Å². The fourth-order valence-electron chi connectivity index (χ4n) is 3.72. The predicted octanol–water partition coefficient (Wildman–Crippen LogP) is -6.61. The molecule has 0 unspecified atom stereocenters. The molecule has 0 saturated heterocycles. The van der Waals surface area contributed by atoms with Gasteiger partial charge in [0.1, 0.15) is 30.2 Å². The quantitative estimate of drug-likeness (QED) is 0.0516. The summed E-state index contributed by atoms with van der Waals surface area (Å²) in [5, 5.41) is 51.4. The Morgan fingerprint density at radius 1 is 0.711 bits per heavy atom. The first kappa shape index (κ1) is 40.6. The number of carboxylic acids is 1. The van der Waals surface area contributed by atoms with Crippen LogP contribution in [0.25, 0.3) is 0 Å². The van der Waals surface area contributed by atoms with Crippen LogP contribution >= 0.6 is 0 Å². The Morgan fingerprint density at radius 2 is 1.27 bits per heavy atom. The molecule has 0 aromatic rings. The summed E-state index contributed by atoms with van der Waals surface area (Å²) in [4.78, 5) is 97.4. The molecule has 45 heavy (non-hydrogen) atoms. The minimum absolute atomic E-state index is 0.237. The van der Waals surface area contributed by atoms with Crippen molar-refractivity contribution in [3.8, 4) is 0 Å². The third-order valence-corrected chi connectivity index (χ3v) is 6.06. The van der Waals surface area contributed by atoms with Gasteiger partial charge in [-0.1, -0.05) is 0 Å². The number of carbonyl (C=O) groups excluding carboxylic acids is 7. The van der Waals surface area contributed by atoms with Crippen LogP contribution in [0.4, 0.5) is 0 Å². The molecule has 0 fully saturated rings. The first-order valence-electron chi connectivity index (χ1n) is 13.9. The smallest absolute Gasteiger partial charge is 0.305 e. The van der Waals surface area contributed by atoms with Crippen molar-refractivity contribution in [2.45, 2.75) is 88.9 Å². The Kier molecular flexibility index (Phi) is 18.5. The van der Waals surface area contributed by atoms with Crippen LogP contribution < -0.4 is 43.4 Å². The molecule has 7 atom stereocenters. The zero-order valence-electron chi connectivity index (χ0n) is 25.2. The molecule has 20 nitrogen and oxygen atoms in total. The van der Waals surface area contributed by atoms with Crippen molar-refractivity contribution in [2.75, 3.05) is 19.7 Å². The Bertz CT molecular complexity index is 1070. The Balaban J connectivity index is 5.53. The summed E-state index contributed by atoms with van der Waals surface area (Å²) in [6.07, 6.45) is -2.75. The van der Waals surface area contributed by atoms with Gasteiger partial charge >= 0.3 is 5.97 Å². The number of unbranched alkanes of at least 4 members (excludes halogenated alkanes) is 1. The van der Waals surface area contributed by atoms with E-state index in [0.29, 0.717) is 19.4 Å². The van der Waals surface area contributed by atoms with Crippen molar-refractivity contribution >= 4 is 47.3 Å². The highest BCUT2D eigenvalue weighted by Crippen LogP contribution is 2.03. The molecule has 20 heteroatoms. The Morgan fingerprint density at radius 3 is 1.73 bits per heavy atom. The number of aliphatic carboxylic acids is 1. The van der Waals surface area contributed by atoms with Crippen molar-refractivity contribution < 1.29 is 58.8 Å². The summed E-state index contributed by atoms with van der Waals surface area (Å²) in [6.45, 7) is 2.07. The molecule has 0 aliphatic carbocycles. The normalized spacial score (nSPS) is 15.4. The fraction of sp³-hybridized carbons (Fsp3) is 0.680. The van der Waals surface area contributed by atoms with Crippen LogP contribution in [-0.2, 0) is 38.4 Å². The lowest BCUT2D eigenvalue weighted by Gasteiger charge is -2.26. The first-order valence-corrected chi connectivity index (χ1v) is 13.9. The SMILES string of the molecule is CC(=O)N[C@@H](CCCCN)C(=O)NCC(=O)N[C@H](C(=O)N[C@@H](CC(=O)O)C(=O)N[C@@H](CO)C(=O)N[C@H](C(N)=O)[C@@H](C)O)[C@@H](C)O. The highest BCUT2D eigenvalue weighted by atomic mass is 16.4. The minimum Gasteiger partial charge on any atom is -0.481 e. The van der Waals surface area contributed by atoms with Crippen molar-refractivity contribution in [3.63, 3.8) is 0 Å². The lowest BCUT2D eigenvalue weighted by atomic mass is 10.1. The fourth-order valence-corrected chi connectivity index (χ4v) is 3.72. The second-order valence-electron chi connectivity index (χ2n) is 10.1. The van der Waals surface area contributed by atoms with Crippen LogP contribution in [0.2, 0.25) is 0 Å². The van der Waals surface area contributed by atoms with E-state index in [9.17, 15) is 58.8 Å². The van der Waals surface area contributed by atoms with E-state index < -0.39 is 109 Å². The molecule has 0 saturated carbocycles. The molecule has 0 bridgehead atoms. The predicted molar refractivity (Wildman–Crippen MR) is 153 cm³/mol. The molecule has 0 aromatic heterocycles. The van der Waals surface area contributed by atoms with E-state index in [1.54, 1.807) is 0 Å². The molecule has 0 heterocycles. The number of primary amides is 1. The van der Waals surface area contributed by atoms with Crippen LogP contribution in [0, 0.1) is 0 Å². The van der Waals surface area contributed by atoms with Gasteiger partial charge < -0.3 is 63.8 Å². The molecule has 0 aliphatic rings. The van der Waals surface area contributed by atoms with E-state index in [2.05, 4.69) is 16.0 Å². The van der Waals surface area contributed by atoms with Gasteiger partial charge in [0.2, 0.25) is 41.4 Å². The maximum absolute atomic E-state index is 12.9.